The van der Waals surface area contributed by atoms with Crippen LogP contribution in [-0.2, 0) is 0 Å². The zero-order valence-electron chi connectivity index (χ0n) is 11.4. The van der Waals surface area contributed by atoms with Crippen LogP contribution in [0, 0.1) is 0 Å². The summed E-state index contributed by atoms with van der Waals surface area (Å²) in [7, 11) is 1.68. The summed E-state index contributed by atoms with van der Waals surface area (Å²) in [5.41, 5.74) is 6.74. The molecule has 106 valence electrons. The Morgan fingerprint density at radius 3 is 3.05 bits per heavy atom. The van der Waals surface area contributed by atoms with Crippen LogP contribution in [-0.4, -0.2) is 44.6 Å². The summed E-state index contributed by atoms with van der Waals surface area (Å²) in [6.07, 6.45) is 3.63. The number of hydrogen-bond donors (Lipinski definition) is 2. The molecule has 0 saturated carbocycles. The second-order valence-electron chi connectivity index (χ2n) is 4.65. The average Bonchev–Trinajstić information content (AvgIpc) is 2.89. The minimum absolute atomic E-state index is 0.0945. The van der Waals surface area contributed by atoms with Crippen molar-refractivity contribution in [3.05, 3.63) is 36.2 Å². The number of aromatic nitrogens is 2. The lowest BCUT2D eigenvalue weighted by Crippen LogP contribution is -2.37. The summed E-state index contributed by atoms with van der Waals surface area (Å²) in [5, 5.41) is 15.6. The van der Waals surface area contributed by atoms with Gasteiger partial charge in [-0.2, -0.15) is 5.10 Å². The summed E-state index contributed by atoms with van der Waals surface area (Å²) >= 11 is 0. The van der Waals surface area contributed by atoms with E-state index < -0.39 is 0 Å². The van der Waals surface area contributed by atoms with Crippen molar-refractivity contribution in [1.82, 2.24) is 14.5 Å². The van der Waals surface area contributed by atoms with Crippen LogP contribution >= 0.6 is 0 Å². The predicted octanol–water partition coefficient (Wildman–Crippen LogP) is 0.931. The van der Waals surface area contributed by atoms with Crippen molar-refractivity contribution in [3.8, 4) is 0 Å². The van der Waals surface area contributed by atoms with E-state index in [-0.39, 0.29) is 17.8 Å². The van der Waals surface area contributed by atoms with E-state index in [0.717, 1.165) is 5.52 Å². The fraction of sp³-hybridized carbons (Fsp3) is 0.308. The van der Waals surface area contributed by atoms with Gasteiger partial charge in [0.2, 0.25) is 0 Å². The number of nitrogens with zero attached hydrogens (tertiary/aromatic N) is 4. The van der Waals surface area contributed by atoms with Crippen LogP contribution < -0.4 is 5.73 Å². The van der Waals surface area contributed by atoms with Crippen molar-refractivity contribution in [2.75, 3.05) is 7.05 Å². The number of carbonyl (C=O) groups is 1. The first-order chi connectivity index (χ1) is 9.54. The third-order valence-electron chi connectivity index (χ3n) is 3.27. The molecule has 2 rings (SSSR count). The summed E-state index contributed by atoms with van der Waals surface area (Å²) in [4.78, 5) is 14.0. The van der Waals surface area contributed by atoms with Gasteiger partial charge in [-0.05, 0) is 19.1 Å². The Balaban J connectivity index is 2.22. The molecule has 0 radical (unpaired) electrons. The quantitative estimate of drug-likeness (QED) is 0.375. The van der Waals surface area contributed by atoms with Gasteiger partial charge in [0.15, 0.2) is 0 Å². The average molecular weight is 275 g/mol. The fourth-order valence-electron chi connectivity index (χ4n) is 1.97. The summed E-state index contributed by atoms with van der Waals surface area (Å²) < 4.78 is 1.65. The molecule has 0 fully saturated rings. The highest BCUT2D eigenvalue weighted by Crippen LogP contribution is 2.14. The molecule has 1 atom stereocenters. The lowest BCUT2D eigenvalue weighted by Gasteiger charge is -2.24. The van der Waals surface area contributed by atoms with E-state index in [1.54, 1.807) is 28.9 Å². The SMILES string of the molecule is CC(C/C(N)=N/O)N(C)C(=O)c1cnn2ccccc12. The maximum absolute atomic E-state index is 12.5. The number of nitrogens with two attached hydrogens (primary N) is 1. The van der Waals surface area contributed by atoms with Gasteiger partial charge in [0, 0.05) is 25.7 Å². The van der Waals surface area contributed by atoms with Crippen LogP contribution in [0.25, 0.3) is 5.52 Å². The maximum Gasteiger partial charge on any atom is 0.257 e. The Kier molecular flexibility index (Phi) is 3.88. The first kappa shape index (κ1) is 13.9. The van der Waals surface area contributed by atoms with E-state index in [0.29, 0.717) is 12.0 Å². The van der Waals surface area contributed by atoms with E-state index in [2.05, 4.69) is 10.3 Å². The Morgan fingerprint density at radius 1 is 1.60 bits per heavy atom. The largest absolute Gasteiger partial charge is 0.409 e. The molecule has 7 heteroatoms. The third kappa shape index (κ3) is 2.56. The van der Waals surface area contributed by atoms with Crippen LogP contribution in [0.3, 0.4) is 0 Å². The molecule has 2 aromatic heterocycles. The number of carbonyl (C=O) groups excluding carboxylic acids is 1. The molecule has 7 nitrogen and oxygen atoms in total. The van der Waals surface area contributed by atoms with E-state index in [1.165, 1.54) is 0 Å². The third-order valence-corrected chi connectivity index (χ3v) is 3.27. The molecule has 0 bridgehead atoms. The van der Waals surface area contributed by atoms with Crippen molar-refractivity contribution in [2.24, 2.45) is 10.9 Å². The topological polar surface area (TPSA) is 96.2 Å². The summed E-state index contributed by atoms with van der Waals surface area (Å²) in [5.74, 6) is -0.0542. The normalized spacial score (nSPS) is 13.4. The first-order valence-corrected chi connectivity index (χ1v) is 6.20. The highest BCUT2D eigenvalue weighted by molar-refractivity contribution is 6.00. The van der Waals surface area contributed by atoms with Crippen LogP contribution in [0.15, 0.2) is 35.7 Å². The molecule has 0 aromatic carbocycles. The van der Waals surface area contributed by atoms with Gasteiger partial charge in [-0.1, -0.05) is 11.2 Å². The van der Waals surface area contributed by atoms with Gasteiger partial charge in [-0.25, -0.2) is 4.52 Å². The van der Waals surface area contributed by atoms with Gasteiger partial charge in [-0.3, -0.25) is 4.79 Å². The minimum atomic E-state index is -0.183. The smallest absolute Gasteiger partial charge is 0.257 e. The second-order valence-corrected chi connectivity index (χ2v) is 4.65. The van der Waals surface area contributed by atoms with Gasteiger partial charge in [0.1, 0.15) is 5.84 Å². The molecule has 1 amide bonds. The molecule has 0 spiro atoms. The van der Waals surface area contributed by atoms with E-state index in [1.807, 2.05) is 25.1 Å². The predicted molar refractivity (Wildman–Crippen MR) is 74.8 cm³/mol. The minimum Gasteiger partial charge on any atom is -0.409 e. The van der Waals surface area contributed by atoms with Crippen molar-refractivity contribution >= 4 is 17.3 Å². The molecule has 0 saturated heterocycles. The van der Waals surface area contributed by atoms with Crippen molar-refractivity contribution in [2.45, 2.75) is 19.4 Å². The Labute approximate surface area is 116 Å². The molecule has 2 heterocycles. The number of oxime groups is 1. The molecular weight excluding hydrogens is 258 g/mol. The number of hydrogen-bond acceptors (Lipinski definition) is 4. The van der Waals surface area contributed by atoms with Gasteiger partial charge >= 0.3 is 0 Å². The van der Waals surface area contributed by atoms with Crippen LogP contribution in [0.2, 0.25) is 0 Å². The summed E-state index contributed by atoms with van der Waals surface area (Å²) in [6.45, 7) is 1.83. The van der Waals surface area contributed by atoms with Crippen molar-refractivity contribution in [1.29, 1.82) is 0 Å². The Bertz CT molecular complexity index is 649. The Morgan fingerprint density at radius 2 is 2.35 bits per heavy atom. The number of fused-ring (bicyclic) bond motifs is 1. The molecule has 1 unspecified atom stereocenters. The first-order valence-electron chi connectivity index (χ1n) is 6.20. The van der Waals surface area contributed by atoms with Gasteiger partial charge in [-0.15, -0.1) is 0 Å². The van der Waals surface area contributed by atoms with Gasteiger partial charge in [0.05, 0.1) is 17.3 Å². The van der Waals surface area contributed by atoms with Gasteiger partial charge in [0.25, 0.3) is 5.91 Å². The number of amidine groups is 1. The van der Waals surface area contributed by atoms with Crippen LogP contribution in [0.4, 0.5) is 0 Å². The lowest BCUT2D eigenvalue weighted by atomic mass is 10.1. The van der Waals surface area contributed by atoms with E-state index >= 15 is 0 Å². The monoisotopic (exact) mass is 275 g/mol. The number of pyridine rings is 1. The lowest BCUT2D eigenvalue weighted by molar-refractivity contribution is 0.0749. The zero-order chi connectivity index (χ0) is 14.7. The summed E-state index contributed by atoms with van der Waals surface area (Å²) in [6, 6.07) is 5.35. The number of amides is 1. The molecule has 20 heavy (non-hydrogen) atoms. The fourth-order valence-corrected chi connectivity index (χ4v) is 1.97. The molecule has 0 aliphatic rings. The Hall–Kier alpha value is -2.57. The van der Waals surface area contributed by atoms with Crippen LogP contribution in [0.5, 0.6) is 0 Å². The van der Waals surface area contributed by atoms with Crippen molar-refractivity contribution in [3.63, 3.8) is 0 Å². The van der Waals surface area contributed by atoms with E-state index in [9.17, 15) is 4.79 Å². The molecular formula is C13H17N5O2. The maximum atomic E-state index is 12.5. The number of rotatable bonds is 4. The molecule has 2 aromatic rings. The van der Waals surface area contributed by atoms with Gasteiger partial charge < -0.3 is 15.8 Å². The highest BCUT2D eigenvalue weighted by atomic mass is 16.4. The van der Waals surface area contributed by atoms with Crippen molar-refractivity contribution < 1.29 is 10.0 Å². The molecule has 0 aliphatic heterocycles. The highest BCUT2D eigenvalue weighted by Gasteiger charge is 2.21. The van der Waals surface area contributed by atoms with E-state index in [4.69, 9.17) is 10.9 Å². The molecule has 0 aliphatic carbocycles. The van der Waals surface area contributed by atoms with Crippen LogP contribution in [0.1, 0.15) is 23.7 Å². The molecule has 3 N–H and O–H groups in total. The second kappa shape index (κ2) is 5.60. The zero-order valence-corrected chi connectivity index (χ0v) is 11.4. The standard InChI is InChI=1S/C13H17N5O2/c1-9(7-12(14)16-20)17(2)13(19)10-8-15-18-6-4-3-5-11(10)18/h3-6,8-9,20H,7H2,1-2H3,(H2,14,16).